The summed E-state index contributed by atoms with van der Waals surface area (Å²) in [6.07, 6.45) is 7.57. The van der Waals surface area contributed by atoms with Crippen molar-refractivity contribution in [1.82, 2.24) is 15.5 Å². The molecular weight excluding hydrogens is 320 g/mol. The summed E-state index contributed by atoms with van der Waals surface area (Å²) in [5.41, 5.74) is -1.71. The number of urea groups is 1. The second-order valence-corrected chi connectivity index (χ2v) is 7.74. The summed E-state index contributed by atoms with van der Waals surface area (Å²) in [7, 11) is 0. The van der Waals surface area contributed by atoms with Crippen molar-refractivity contribution in [2.75, 3.05) is 6.54 Å². The van der Waals surface area contributed by atoms with E-state index in [4.69, 9.17) is 0 Å². The number of nitrogens with one attached hydrogen (secondary N) is 2. The SMILES string of the molecule is C[C@H]1CCCC[C@]12NC(=O)N(CC(=O)NC1(C#N)CCCCC1)C2=O. The summed E-state index contributed by atoms with van der Waals surface area (Å²) in [5.74, 6) is -0.670. The number of carbonyl (C=O) groups excluding carboxylic acids is 3. The highest BCUT2D eigenvalue weighted by molar-refractivity contribution is 6.09. The van der Waals surface area contributed by atoms with Gasteiger partial charge in [-0.3, -0.25) is 14.5 Å². The van der Waals surface area contributed by atoms with Crippen LogP contribution < -0.4 is 10.6 Å². The highest BCUT2D eigenvalue weighted by Gasteiger charge is 2.55. The highest BCUT2D eigenvalue weighted by Crippen LogP contribution is 2.38. The van der Waals surface area contributed by atoms with Crippen LogP contribution in [0.4, 0.5) is 4.79 Å². The molecule has 0 bridgehead atoms. The van der Waals surface area contributed by atoms with Crippen LogP contribution in [0, 0.1) is 17.2 Å². The minimum Gasteiger partial charge on any atom is -0.336 e. The standard InChI is InChI=1S/C18H26N4O3/c1-13-7-3-6-10-18(13)15(24)22(16(25)21-18)11-14(23)20-17(12-19)8-4-2-5-9-17/h13H,2-11H2,1H3,(H,20,23)(H,21,25)/t13-,18-/m0/s1. The predicted molar refractivity (Wildman–Crippen MR) is 90.2 cm³/mol. The lowest BCUT2D eigenvalue weighted by molar-refractivity contribution is -0.137. The molecule has 3 aliphatic rings. The molecule has 2 saturated carbocycles. The third kappa shape index (κ3) is 3.10. The summed E-state index contributed by atoms with van der Waals surface area (Å²) in [6, 6.07) is 1.73. The smallest absolute Gasteiger partial charge is 0.325 e. The minimum absolute atomic E-state index is 0.0644. The van der Waals surface area contributed by atoms with E-state index in [0.717, 1.165) is 43.4 Å². The summed E-state index contributed by atoms with van der Waals surface area (Å²) in [6.45, 7) is 1.66. The van der Waals surface area contributed by atoms with Gasteiger partial charge in [-0.25, -0.2) is 4.79 Å². The maximum Gasteiger partial charge on any atom is 0.325 e. The molecule has 7 nitrogen and oxygen atoms in total. The fourth-order valence-corrected chi connectivity index (χ4v) is 4.51. The molecule has 0 aromatic carbocycles. The molecule has 25 heavy (non-hydrogen) atoms. The third-order valence-corrected chi connectivity index (χ3v) is 6.10. The van der Waals surface area contributed by atoms with Gasteiger partial charge in [0.05, 0.1) is 6.07 Å². The normalized spacial score (nSPS) is 31.5. The Morgan fingerprint density at radius 3 is 2.56 bits per heavy atom. The molecule has 0 radical (unpaired) electrons. The zero-order chi connectivity index (χ0) is 18.1. The number of nitriles is 1. The number of rotatable bonds is 3. The number of amides is 4. The average molecular weight is 346 g/mol. The molecule has 1 heterocycles. The number of imide groups is 1. The lowest BCUT2D eigenvalue weighted by Crippen LogP contribution is -2.55. The van der Waals surface area contributed by atoms with E-state index in [2.05, 4.69) is 16.7 Å². The first-order valence-corrected chi connectivity index (χ1v) is 9.29. The highest BCUT2D eigenvalue weighted by atomic mass is 16.2. The van der Waals surface area contributed by atoms with Gasteiger partial charge >= 0.3 is 6.03 Å². The zero-order valence-corrected chi connectivity index (χ0v) is 14.8. The third-order valence-electron chi connectivity index (χ3n) is 6.10. The Labute approximate surface area is 148 Å². The van der Waals surface area contributed by atoms with E-state index >= 15 is 0 Å². The molecule has 1 aliphatic heterocycles. The number of hydrogen-bond donors (Lipinski definition) is 2. The number of nitrogens with zero attached hydrogens (tertiary/aromatic N) is 2. The topological polar surface area (TPSA) is 102 Å². The first-order chi connectivity index (χ1) is 11.9. The van der Waals surface area contributed by atoms with Crippen LogP contribution in [0.5, 0.6) is 0 Å². The van der Waals surface area contributed by atoms with Gasteiger partial charge in [-0.1, -0.05) is 39.0 Å². The Hall–Kier alpha value is -2.10. The first kappa shape index (κ1) is 17.7. The first-order valence-electron chi connectivity index (χ1n) is 9.29. The van der Waals surface area contributed by atoms with Crippen LogP contribution >= 0.6 is 0 Å². The van der Waals surface area contributed by atoms with Crippen LogP contribution in [0.2, 0.25) is 0 Å². The average Bonchev–Trinajstić information content (AvgIpc) is 2.83. The largest absolute Gasteiger partial charge is 0.336 e. The van der Waals surface area contributed by atoms with E-state index in [1.165, 1.54) is 0 Å². The molecule has 4 amide bonds. The van der Waals surface area contributed by atoms with Crippen molar-refractivity contribution >= 4 is 17.8 Å². The van der Waals surface area contributed by atoms with Gasteiger partial charge in [0.25, 0.3) is 5.91 Å². The quantitative estimate of drug-likeness (QED) is 0.761. The molecule has 3 rings (SSSR count). The number of hydrogen-bond acceptors (Lipinski definition) is 4. The van der Waals surface area contributed by atoms with Crippen LogP contribution in [-0.2, 0) is 9.59 Å². The second kappa shape index (κ2) is 6.66. The van der Waals surface area contributed by atoms with Crippen molar-refractivity contribution in [3.63, 3.8) is 0 Å². The van der Waals surface area contributed by atoms with Crippen molar-refractivity contribution in [3.8, 4) is 6.07 Å². The van der Waals surface area contributed by atoms with Gasteiger partial charge in [-0.05, 0) is 31.6 Å². The maximum absolute atomic E-state index is 12.9. The molecule has 2 aliphatic carbocycles. The zero-order valence-electron chi connectivity index (χ0n) is 14.8. The van der Waals surface area contributed by atoms with Gasteiger partial charge < -0.3 is 10.6 Å². The predicted octanol–water partition coefficient (Wildman–Crippen LogP) is 1.83. The molecular formula is C18H26N4O3. The summed E-state index contributed by atoms with van der Waals surface area (Å²) < 4.78 is 0. The van der Waals surface area contributed by atoms with Crippen molar-refractivity contribution in [2.45, 2.75) is 75.8 Å². The maximum atomic E-state index is 12.9. The van der Waals surface area contributed by atoms with Gasteiger partial charge in [-0.2, -0.15) is 5.26 Å². The molecule has 136 valence electrons. The molecule has 7 heteroatoms. The van der Waals surface area contributed by atoms with E-state index in [-0.39, 0.29) is 18.4 Å². The Bertz CT molecular complexity index is 620. The van der Waals surface area contributed by atoms with Crippen molar-refractivity contribution in [1.29, 1.82) is 5.26 Å². The van der Waals surface area contributed by atoms with Crippen LogP contribution in [0.1, 0.15) is 64.7 Å². The van der Waals surface area contributed by atoms with E-state index in [1.807, 2.05) is 6.92 Å². The summed E-state index contributed by atoms with van der Waals surface area (Å²) in [5, 5.41) is 15.1. The lowest BCUT2D eigenvalue weighted by atomic mass is 9.73. The van der Waals surface area contributed by atoms with E-state index in [0.29, 0.717) is 19.3 Å². The van der Waals surface area contributed by atoms with E-state index in [9.17, 15) is 19.6 Å². The van der Waals surface area contributed by atoms with Gasteiger partial charge in [0, 0.05) is 0 Å². The molecule has 1 spiro atoms. The van der Waals surface area contributed by atoms with Crippen LogP contribution in [0.3, 0.4) is 0 Å². The molecule has 0 unspecified atom stereocenters. The second-order valence-electron chi connectivity index (χ2n) is 7.74. The molecule has 1 saturated heterocycles. The van der Waals surface area contributed by atoms with Crippen molar-refractivity contribution < 1.29 is 14.4 Å². The summed E-state index contributed by atoms with van der Waals surface area (Å²) in [4.78, 5) is 38.7. The van der Waals surface area contributed by atoms with Crippen molar-refractivity contribution in [2.24, 2.45) is 5.92 Å². The molecule has 3 fully saturated rings. The Kier molecular flexibility index (Phi) is 4.72. The number of carbonyl (C=O) groups is 3. The Morgan fingerprint density at radius 1 is 1.24 bits per heavy atom. The molecule has 2 N–H and O–H groups in total. The van der Waals surface area contributed by atoms with Crippen LogP contribution in [0.25, 0.3) is 0 Å². The molecule has 0 aromatic heterocycles. The van der Waals surface area contributed by atoms with Crippen molar-refractivity contribution in [3.05, 3.63) is 0 Å². The van der Waals surface area contributed by atoms with Gasteiger partial charge in [0.2, 0.25) is 5.91 Å². The van der Waals surface area contributed by atoms with Crippen LogP contribution in [0.15, 0.2) is 0 Å². The van der Waals surface area contributed by atoms with Gasteiger partial charge in [-0.15, -0.1) is 0 Å². The Balaban J connectivity index is 1.68. The monoisotopic (exact) mass is 346 g/mol. The molecule has 0 aromatic rings. The van der Waals surface area contributed by atoms with E-state index in [1.54, 1.807) is 0 Å². The summed E-state index contributed by atoms with van der Waals surface area (Å²) >= 11 is 0. The lowest BCUT2D eigenvalue weighted by Gasteiger charge is -2.37. The Morgan fingerprint density at radius 2 is 1.92 bits per heavy atom. The fraction of sp³-hybridized carbons (Fsp3) is 0.778. The van der Waals surface area contributed by atoms with Gasteiger partial charge in [0.15, 0.2) is 0 Å². The molecule has 2 atom stereocenters. The van der Waals surface area contributed by atoms with Gasteiger partial charge in [0.1, 0.15) is 17.6 Å². The minimum atomic E-state index is -0.857. The van der Waals surface area contributed by atoms with E-state index < -0.39 is 23.0 Å². The fourth-order valence-electron chi connectivity index (χ4n) is 4.51. The van der Waals surface area contributed by atoms with Crippen LogP contribution in [-0.4, -0.2) is 40.4 Å².